The fourth-order valence-corrected chi connectivity index (χ4v) is 2.31. The van der Waals surface area contributed by atoms with Gasteiger partial charge in [-0.3, -0.25) is 0 Å². The molecule has 0 heterocycles. The molecule has 0 spiro atoms. The SMILES string of the molecule is CN(CCC(O)c1ccc(Br)cc1)c1ccccc1F. The van der Waals surface area contributed by atoms with Crippen LogP contribution in [0.2, 0.25) is 0 Å². The number of hydrogen-bond donors (Lipinski definition) is 1. The third-order valence-corrected chi connectivity index (χ3v) is 3.79. The molecule has 0 aromatic heterocycles. The maximum atomic E-state index is 13.6. The van der Waals surface area contributed by atoms with Crippen LogP contribution in [0.5, 0.6) is 0 Å². The summed E-state index contributed by atoms with van der Waals surface area (Å²) in [4.78, 5) is 1.82. The van der Waals surface area contributed by atoms with Crippen molar-refractivity contribution in [2.24, 2.45) is 0 Å². The van der Waals surface area contributed by atoms with Gasteiger partial charge in [0.05, 0.1) is 11.8 Å². The Labute approximate surface area is 127 Å². The zero-order valence-corrected chi connectivity index (χ0v) is 12.8. The molecule has 0 fully saturated rings. The van der Waals surface area contributed by atoms with Crippen molar-refractivity contribution in [1.82, 2.24) is 0 Å². The van der Waals surface area contributed by atoms with E-state index in [0.29, 0.717) is 18.7 Å². The molecular formula is C16H17BrFNO. The lowest BCUT2D eigenvalue weighted by molar-refractivity contribution is 0.169. The fourth-order valence-electron chi connectivity index (χ4n) is 2.05. The molecule has 2 aromatic rings. The van der Waals surface area contributed by atoms with Crippen LogP contribution in [0.25, 0.3) is 0 Å². The summed E-state index contributed by atoms with van der Waals surface area (Å²) < 4.78 is 14.6. The van der Waals surface area contributed by atoms with Gasteiger partial charge in [0.15, 0.2) is 0 Å². The van der Waals surface area contributed by atoms with Crippen molar-refractivity contribution < 1.29 is 9.50 Å². The second-order valence-corrected chi connectivity index (χ2v) is 5.64. The van der Waals surface area contributed by atoms with Crippen LogP contribution in [0.1, 0.15) is 18.1 Å². The Bertz CT molecular complexity index is 559. The van der Waals surface area contributed by atoms with E-state index in [4.69, 9.17) is 0 Å². The number of rotatable bonds is 5. The molecule has 0 saturated carbocycles. The van der Waals surface area contributed by atoms with Crippen LogP contribution in [0.3, 0.4) is 0 Å². The number of hydrogen-bond acceptors (Lipinski definition) is 2. The molecule has 0 amide bonds. The Kier molecular flexibility index (Phi) is 5.15. The zero-order valence-electron chi connectivity index (χ0n) is 11.3. The van der Waals surface area contributed by atoms with Crippen molar-refractivity contribution in [3.8, 4) is 0 Å². The summed E-state index contributed by atoms with van der Waals surface area (Å²) in [5.41, 5.74) is 1.42. The van der Waals surface area contributed by atoms with Crippen molar-refractivity contribution in [2.75, 3.05) is 18.5 Å². The van der Waals surface area contributed by atoms with E-state index in [1.165, 1.54) is 6.07 Å². The highest BCUT2D eigenvalue weighted by Gasteiger charge is 2.11. The lowest BCUT2D eigenvalue weighted by Gasteiger charge is -2.21. The summed E-state index contributed by atoms with van der Waals surface area (Å²) in [5.74, 6) is -0.242. The Balaban J connectivity index is 1.95. The van der Waals surface area contributed by atoms with Gasteiger partial charge < -0.3 is 10.0 Å². The summed E-state index contributed by atoms with van der Waals surface area (Å²) >= 11 is 3.36. The van der Waals surface area contributed by atoms with Crippen molar-refractivity contribution in [3.63, 3.8) is 0 Å². The molecule has 1 N–H and O–H groups in total. The number of benzene rings is 2. The average Bonchev–Trinajstić information content (AvgIpc) is 2.45. The predicted octanol–water partition coefficient (Wildman–Crippen LogP) is 4.15. The third-order valence-electron chi connectivity index (χ3n) is 3.26. The highest BCUT2D eigenvalue weighted by Crippen LogP contribution is 2.22. The van der Waals surface area contributed by atoms with Gasteiger partial charge in [0, 0.05) is 18.1 Å². The fraction of sp³-hybridized carbons (Fsp3) is 0.250. The van der Waals surface area contributed by atoms with Gasteiger partial charge in [-0.25, -0.2) is 4.39 Å². The molecule has 2 aromatic carbocycles. The molecular weight excluding hydrogens is 321 g/mol. The molecule has 0 saturated heterocycles. The molecule has 1 unspecified atom stereocenters. The molecule has 1 atom stereocenters. The predicted molar refractivity (Wildman–Crippen MR) is 83.4 cm³/mol. The molecule has 0 aliphatic rings. The van der Waals surface area contributed by atoms with Crippen LogP contribution in [0.15, 0.2) is 53.0 Å². The van der Waals surface area contributed by atoms with Crippen molar-refractivity contribution in [3.05, 3.63) is 64.4 Å². The summed E-state index contributed by atoms with van der Waals surface area (Å²) in [7, 11) is 1.83. The Morgan fingerprint density at radius 2 is 1.80 bits per heavy atom. The van der Waals surface area contributed by atoms with Gasteiger partial charge in [-0.05, 0) is 36.2 Å². The van der Waals surface area contributed by atoms with Gasteiger partial charge in [-0.1, -0.05) is 40.2 Å². The van der Waals surface area contributed by atoms with Crippen LogP contribution in [0, 0.1) is 5.82 Å². The molecule has 2 nitrogen and oxygen atoms in total. The van der Waals surface area contributed by atoms with Crippen LogP contribution >= 0.6 is 15.9 Å². The first-order valence-corrected chi connectivity index (χ1v) is 7.26. The van der Waals surface area contributed by atoms with E-state index in [2.05, 4.69) is 15.9 Å². The van der Waals surface area contributed by atoms with Gasteiger partial charge in [0.1, 0.15) is 5.82 Å². The minimum atomic E-state index is -0.544. The molecule has 4 heteroatoms. The van der Waals surface area contributed by atoms with E-state index in [0.717, 1.165) is 10.0 Å². The Morgan fingerprint density at radius 3 is 2.45 bits per heavy atom. The third kappa shape index (κ3) is 3.81. The monoisotopic (exact) mass is 337 g/mol. The smallest absolute Gasteiger partial charge is 0.146 e. The second kappa shape index (κ2) is 6.86. The van der Waals surface area contributed by atoms with Crippen molar-refractivity contribution in [2.45, 2.75) is 12.5 Å². The average molecular weight is 338 g/mol. The van der Waals surface area contributed by atoms with Gasteiger partial charge in [-0.15, -0.1) is 0 Å². The number of aliphatic hydroxyl groups excluding tert-OH is 1. The van der Waals surface area contributed by atoms with E-state index in [1.807, 2.05) is 36.2 Å². The van der Waals surface area contributed by atoms with Crippen molar-refractivity contribution in [1.29, 1.82) is 0 Å². The number of halogens is 2. The lowest BCUT2D eigenvalue weighted by Crippen LogP contribution is -2.21. The van der Waals surface area contributed by atoms with Gasteiger partial charge in [0.25, 0.3) is 0 Å². The van der Waals surface area contributed by atoms with Crippen LogP contribution < -0.4 is 4.90 Å². The zero-order chi connectivity index (χ0) is 14.5. The molecule has 0 aliphatic carbocycles. The van der Waals surface area contributed by atoms with E-state index >= 15 is 0 Å². The van der Waals surface area contributed by atoms with E-state index in [-0.39, 0.29) is 5.82 Å². The minimum absolute atomic E-state index is 0.242. The first kappa shape index (κ1) is 15.0. The molecule has 2 rings (SSSR count). The quantitative estimate of drug-likeness (QED) is 0.885. The minimum Gasteiger partial charge on any atom is -0.388 e. The first-order chi connectivity index (χ1) is 9.58. The van der Waals surface area contributed by atoms with E-state index in [1.54, 1.807) is 18.2 Å². The standard InChI is InChI=1S/C16H17BrFNO/c1-19(15-5-3-2-4-14(15)18)11-10-16(20)12-6-8-13(17)9-7-12/h2-9,16,20H,10-11H2,1H3. The van der Waals surface area contributed by atoms with Gasteiger partial charge >= 0.3 is 0 Å². The summed E-state index contributed by atoms with van der Waals surface area (Å²) in [6.45, 7) is 0.582. The maximum Gasteiger partial charge on any atom is 0.146 e. The highest BCUT2D eigenvalue weighted by atomic mass is 79.9. The second-order valence-electron chi connectivity index (χ2n) is 4.73. The largest absolute Gasteiger partial charge is 0.388 e. The van der Waals surface area contributed by atoms with Crippen LogP contribution in [-0.2, 0) is 0 Å². The normalized spacial score (nSPS) is 12.2. The van der Waals surface area contributed by atoms with E-state index < -0.39 is 6.10 Å². The van der Waals surface area contributed by atoms with Crippen LogP contribution in [0.4, 0.5) is 10.1 Å². The van der Waals surface area contributed by atoms with E-state index in [9.17, 15) is 9.50 Å². The Morgan fingerprint density at radius 1 is 1.15 bits per heavy atom. The molecule has 0 bridgehead atoms. The number of anilines is 1. The first-order valence-electron chi connectivity index (χ1n) is 6.47. The molecule has 0 aliphatic heterocycles. The highest BCUT2D eigenvalue weighted by molar-refractivity contribution is 9.10. The molecule has 0 radical (unpaired) electrons. The maximum absolute atomic E-state index is 13.6. The van der Waals surface area contributed by atoms with Crippen molar-refractivity contribution >= 4 is 21.6 Å². The summed E-state index contributed by atoms with van der Waals surface area (Å²) in [6, 6.07) is 14.2. The summed E-state index contributed by atoms with van der Waals surface area (Å²) in [6.07, 6.45) is 0.00394. The summed E-state index contributed by atoms with van der Waals surface area (Å²) in [5, 5.41) is 10.1. The molecule has 20 heavy (non-hydrogen) atoms. The Hall–Kier alpha value is -1.39. The van der Waals surface area contributed by atoms with Gasteiger partial charge in [-0.2, -0.15) is 0 Å². The number of aliphatic hydroxyl groups is 1. The van der Waals surface area contributed by atoms with Gasteiger partial charge in [0.2, 0.25) is 0 Å². The number of nitrogens with zero attached hydrogens (tertiary/aromatic N) is 1. The lowest BCUT2D eigenvalue weighted by atomic mass is 10.1. The topological polar surface area (TPSA) is 23.5 Å². The molecule has 106 valence electrons. The van der Waals surface area contributed by atoms with Crippen LogP contribution in [-0.4, -0.2) is 18.7 Å². The number of para-hydroxylation sites is 1.